The quantitative estimate of drug-likeness (QED) is 0.892. The molecule has 110 valence electrons. The van der Waals surface area contributed by atoms with E-state index < -0.39 is 0 Å². The van der Waals surface area contributed by atoms with Crippen molar-refractivity contribution in [3.63, 3.8) is 0 Å². The number of amides is 1. The van der Waals surface area contributed by atoms with Crippen LogP contribution in [0.25, 0.3) is 0 Å². The summed E-state index contributed by atoms with van der Waals surface area (Å²) in [5.74, 6) is 0.388. The summed E-state index contributed by atoms with van der Waals surface area (Å²) >= 11 is 0. The van der Waals surface area contributed by atoms with Crippen molar-refractivity contribution >= 4 is 11.6 Å². The summed E-state index contributed by atoms with van der Waals surface area (Å²) in [6.45, 7) is 4.85. The van der Waals surface area contributed by atoms with Gasteiger partial charge in [-0.1, -0.05) is 38.1 Å². The van der Waals surface area contributed by atoms with Crippen LogP contribution in [0.1, 0.15) is 41.3 Å². The van der Waals surface area contributed by atoms with E-state index in [-0.39, 0.29) is 5.91 Å². The third-order valence-corrected chi connectivity index (χ3v) is 3.36. The van der Waals surface area contributed by atoms with E-state index in [9.17, 15) is 4.79 Å². The van der Waals surface area contributed by atoms with Crippen molar-refractivity contribution in [3.8, 4) is 0 Å². The molecule has 0 spiro atoms. The van der Waals surface area contributed by atoms with E-state index in [1.807, 2.05) is 48.5 Å². The van der Waals surface area contributed by atoms with E-state index in [0.29, 0.717) is 18.1 Å². The fraction of sp³-hybridized carbons (Fsp3) is 0.278. The van der Waals surface area contributed by atoms with Crippen molar-refractivity contribution in [2.75, 3.05) is 12.4 Å². The summed E-state index contributed by atoms with van der Waals surface area (Å²) in [6, 6.07) is 15.4. The van der Waals surface area contributed by atoms with Gasteiger partial charge in [-0.2, -0.15) is 0 Å². The summed E-state index contributed by atoms with van der Waals surface area (Å²) in [5.41, 5.74) is 3.76. The van der Waals surface area contributed by atoms with E-state index in [1.54, 1.807) is 7.11 Å². The number of nitrogens with one attached hydrogen (secondary N) is 1. The summed E-state index contributed by atoms with van der Waals surface area (Å²) in [4.78, 5) is 12.2. The number of carbonyl (C=O) groups excluding carboxylic acids is 1. The highest BCUT2D eigenvalue weighted by Crippen LogP contribution is 2.17. The molecule has 2 aromatic rings. The van der Waals surface area contributed by atoms with Crippen molar-refractivity contribution in [3.05, 3.63) is 65.2 Å². The largest absolute Gasteiger partial charge is 0.380 e. The molecule has 0 saturated heterocycles. The normalized spacial score (nSPS) is 10.7. The predicted octanol–water partition coefficient (Wildman–Crippen LogP) is 4.21. The Morgan fingerprint density at radius 2 is 1.67 bits per heavy atom. The summed E-state index contributed by atoms with van der Waals surface area (Å²) < 4.78 is 5.05. The van der Waals surface area contributed by atoms with Gasteiger partial charge in [0.25, 0.3) is 5.91 Å². The smallest absolute Gasteiger partial charge is 0.255 e. The minimum atomic E-state index is -0.101. The Morgan fingerprint density at radius 1 is 1.05 bits per heavy atom. The van der Waals surface area contributed by atoms with Crippen LogP contribution < -0.4 is 5.32 Å². The summed E-state index contributed by atoms with van der Waals surface area (Å²) in [7, 11) is 1.65. The van der Waals surface area contributed by atoms with Gasteiger partial charge in [0.1, 0.15) is 0 Å². The van der Waals surface area contributed by atoms with Crippen molar-refractivity contribution < 1.29 is 9.53 Å². The van der Waals surface area contributed by atoms with Crippen LogP contribution in [-0.4, -0.2) is 13.0 Å². The van der Waals surface area contributed by atoms with Gasteiger partial charge in [0.15, 0.2) is 0 Å². The average molecular weight is 283 g/mol. The molecule has 2 aromatic carbocycles. The highest BCUT2D eigenvalue weighted by Gasteiger charge is 2.06. The Kier molecular flexibility index (Phi) is 5.12. The Labute approximate surface area is 126 Å². The molecule has 0 fully saturated rings. The first-order valence-electron chi connectivity index (χ1n) is 7.09. The molecular weight excluding hydrogens is 262 g/mol. The third kappa shape index (κ3) is 4.17. The number of ether oxygens (including phenoxy) is 1. The van der Waals surface area contributed by atoms with Crippen LogP contribution in [0.15, 0.2) is 48.5 Å². The van der Waals surface area contributed by atoms with Crippen LogP contribution >= 0.6 is 0 Å². The molecule has 0 unspecified atom stereocenters. The van der Waals surface area contributed by atoms with Crippen molar-refractivity contribution in [2.45, 2.75) is 26.4 Å². The molecule has 0 aromatic heterocycles. The molecule has 1 N–H and O–H groups in total. The summed E-state index contributed by atoms with van der Waals surface area (Å²) in [5, 5.41) is 2.91. The number of carbonyl (C=O) groups is 1. The lowest BCUT2D eigenvalue weighted by atomic mass is 10.0. The lowest BCUT2D eigenvalue weighted by molar-refractivity contribution is 0.102. The molecule has 3 heteroatoms. The molecular formula is C18H21NO2. The number of benzene rings is 2. The molecule has 21 heavy (non-hydrogen) atoms. The zero-order chi connectivity index (χ0) is 15.2. The van der Waals surface area contributed by atoms with Crippen LogP contribution in [0.4, 0.5) is 5.69 Å². The molecule has 0 radical (unpaired) electrons. The van der Waals surface area contributed by atoms with Crippen LogP contribution in [0, 0.1) is 0 Å². The van der Waals surface area contributed by atoms with Gasteiger partial charge in [0.05, 0.1) is 6.61 Å². The fourth-order valence-corrected chi connectivity index (χ4v) is 2.07. The Morgan fingerprint density at radius 3 is 2.19 bits per heavy atom. The first-order chi connectivity index (χ1) is 10.1. The average Bonchev–Trinajstić information content (AvgIpc) is 2.49. The second-order valence-electron chi connectivity index (χ2n) is 5.36. The number of hydrogen-bond donors (Lipinski definition) is 1. The van der Waals surface area contributed by atoms with Gasteiger partial charge < -0.3 is 10.1 Å². The zero-order valence-electron chi connectivity index (χ0n) is 12.7. The van der Waals surface area contributed by atoms with Gasteiger partial charge in [-0.25, -0.2) is 0 Å². The number of methoxy groups -OCH3 is 1. The molecule has 0 atom stereocenters. The van der Waals surface area contributed by atoms with E-state index in [4.69, 9.17) is 4.74 Å². The number of hydrogen-bond acceptors (Lipinski definition) is 2. The number of anilines is 1. The maximum absolute atomic E-state index is 12.2. The van der Waals surface area contributed by atoms with Crippen LogP contribution in [0.5, 0.6) is 0 Å². The van der Waals surface area contributed by atoms with Crippen LogP contribution in [0.3, 0.4) is 0 Å². The third-order valence-electron chi connectivity index (χ3n) is 3.36. The van der Waals surface area contributed by atoms with Gasteiger partial charge >= 0.3 is 0 Å². The van der Waals surface area contributed by atoms with E-state index in [0.717, 1.165) is 11.3 Å². The topological polar surface area (TPSA) is 38.3 Å². The SMILES string of the molecule is COCc1ccc(C(=O)Nc2ccc(C(C)C)cc2)cc1. The Bertz CT molecular complexity index is 586. The minimum Gasteiger partial charge on any atom is -0.380 e. The highest BCUT2D eigenvalue weighted by molar-refractivity contribution is 6.04. The molecule has 0 saturated carbocycles. The van der Waals surface area contributed by atoms with Crippen LogP contribution in [0.2, 0.25) is 0 Å². The zero-order valence-corrected chi connectivity index (χ0v) is 12.7. The number of rotatable bonds is 5. The molecule has 0 aliphatic heterocycles. The molecule has 0 aliphatic rings. The van der Waals surface area contributed by atoms with E-state index in [2.05, 4.69) is 19.2 Å². The minimum absolute atomic E-state index is 0.101. The maximum Gasteiger partial charge on any atom is 0.255 e. The second kappa shape index (κ2) is 7.04. The Balaban J connectivity index is 2.03. The molecule has 3 nitrogen and oxygen atoms in total. The predicted molar refractivity (Wildman–Crippen MR) is 85.6 cm³/mol. The van der Waals surface area contributed by atoms with E-state index in [1.165, 1.54) is 5.56 Å². The summed E-state index contributed by atoms with van der Waals surface area (Å²) in [6.07, 6.45) is 0. The monoisotopic (exact) mass is 283 g/mol. The van der Waals surface area contributed by atoms with E-state index >= 15 is 0 Å². The second-order valence-corrected chi connectivity index (χ2v) is 5.36. The molecule has 0 heterocycles. The van der Waals surface area contributed by atoms with Crippen molar-refractivity contribution in [1.29, 1.82) is 0 Å². The van der Waals surface area contributed by atoms with Gasteiger partial charge in [0.2, 0.25) is 0 Å². The first-order valence-corrected chi connectivity index (χ1v) is 7.09. The van der Waals surface area contributed by atoms with Crippen LogP contribution in [-0.2, 0) is 11.3 Å². The van der Waals surface area contributed by atoms with Gasteiger partial charge in [-0.15, -0.1) is 0 Å². The lowest BCUT2D eigenvalue weighted by Crippen LogP contribution is -2.11. The standard InChI is InChI=1S/C18H21NO2/c1-13(2)15-8-10-17(11-9-15)19-18(20)16-6-4-14(5-7-16)12-21-3/h4-11,13H,12H2,1-3H3,(H,19,20). The lowest BCUT2D eigenvalue weighted by Gasteiger charge is -2.09. The van der Waals surface area contributed by atoms with Crippen molar-refractivity contribution in [2.24, 2.45) is 0 Å². The van der Waals surface area contributed by atoms with Gasteiger partial charge in [-0.3, -0.25) is 4.79 Å². The van der Waals surface area contributed by atoms with Crippen molar-refractivity contribution in [1.82, 2.24) is 0 Å². The first kappa shape index (κ1) is 15.3. The molecule has 0 aliphatic carbocycles. The molecule has 0 bridgehead atoms. The Hall–Kier alpha value is -2.13. The fourth-order valence-electron chi connectivity index (χ4n) is 2.07. The van der Waals surface area contributed by atoms with Gasteiger partial charge in [-0.05, 0) is 41.3 Å². The van der Waals surface area contributed by atoms with Gasteiger partial charge in [0, 0.05) is 18.4 Å². The molecule has 2 rings (SSSR count). The highest BCUT2D eigenvalue weighted by atomic mass is 16.5. The molecule has 1 amide bonds. The maximum atomic E-state index is 12.2.